The summed E-state index contributed by atoms with van der Waals surface area (Å²) in [6.07, 6.45) is -5.53. The molecule has 0 radical (unpaired) electrons. The number of carbonyl (C=O) groups excluding carboxylic acids is 1. The van der Waals surface area contributed by atoms with E-state index in [1.54, 1.807) is 0 Å². The van der Waals surface area contributed by atoms with Crippen LogP contribution in [0.2, 0.25) is 0 Å². The second-order valence-corrected chi connectivity index (χ2v) is 6.29. The quantitative estimate of drug-likeness (QED) is 0.755. The van der Waals surface area contributed by atoms with Gasteiger partial charge in [0.2, 0.25) is 0 Å². The summed E-state index contributed by atoms with van der Waals surface area (Å²) in [6.45, 7) is 1.20. The number of hydrogen-bond donors (Lipinski definition) is 1. The summed E-state index contributed by atoms with van der Waals surface area (Å²) in [5, 5.41) is 9.35. The molecular weight excluding hydrogens is 370 g/mol. The van der Waals surface area contributed by atoms with Gasteiger partial charge in [0.05, 0.1) is 17.9 Å². The van der Waals surface area contributed by atoms with E-state index in [1.807, 2.05) is 11.9 Å². The highest BCUT2D eigenvalue weighted by Crippen LogP contribution is 2.31. The molecule has 0 atom stereocenters. The first-order chi connectivity index (χ1) is 12.6. The monoisotopic (exact) mass is 391 g/mol. The van der Waals surface area contributed by atoms with Crippen LogP contribution in [0.15, 0.2) is 18.2 Å². The Balaban J connectivity index is 2.46. The number of alkyl halides is 4. The number of carboxylic acids is 1. The minimum atomic E-state index is -5.20. The van der Waals surface area contributed by atoms with Crippen LogP contribution < -0.4 is 9.80 Å². The molecule has 2 rings (SSSR count). The molecule has 0 saturated carbocycles. The van der Waals surface area contributed by atoms with Crippen molar-refractivity contribution in [2.45, 2.75) is 12.6 Å². The molecule has 27 heavy (non-hydrogen) atoms. The summed E-state index contributed by atoms with van der Waals surface area (Å²) in [4.78, 5) is 27.6. The van der Waals surface area contributed by atoms with Crippen LogP contribution in [0.25, 0.3) is 0 Å². The second kappa shape index (κ2) is 8.55. The number of anilines is 2. The van der Waals surface area contributed by atoms with Gasteiger partial charge in [-0.1, -0.05) is 0 Å². The molecule has 1 heterocycles. The van der Waals surface area contributed by atoms with Gasteiger partial charge in [-0.2, -0.15) is 13.2 Å². The minimum Gasteiger partial charge on any atom is -0.478 e. The Morgan fingerprint density at radius 3 is 2.33 bits per heavy atom. The van der Waals surface area contributed by atoms with Crippen molar-refractivity contribution >= 4 is 23.3 Å². The number of aromatic carboxylic acids is 1. The number of benzene rings is 1. The summed E-state index contributed by atoms with van der Waals surface area (Å²) >= 11 is 0. The van der Waals surface area contributed by atoms with Crippen molar-refractivity contribution in [3.63, 3.8) is 0 Å². The maximum Gasteiger partial charge on any atom is 0.471 e. The third-order valence-corrected chi connectivity index (χ3v) is 4.37. The van der Waals surface area contributed by atoms with E-state index in [9.17, 15) is 32.3 Å². The molecule has 1 saturated heterocycles. The highest BCUT2D eigenvalue weighted by molar-refractivity contribution is 6.04. The third-order valence-electron chi connectivity index (χ3n) is 4.37. The molecule has 1 aliphatic rings. The molecule has 1 aliphatic heterocycles. The van der Waals surface area contributed by atoms with Crippen LogP contribution >= 0.6 is 0 Å². The Labute approximate surface area is 153 Å². The number of hydrogen-bond acceptors (Lipinski definition) is 4. The molecule has 1 N–H and O–H groups in total. The molecule has 0 unspecified atom stereocenters. The first-order valence-corrected chi connectivity index (χ1v) is 8.40. The molecule has 0 spiro atoms. The smallest absolute Gasteiger partial charge is 0.471 e. The second-order valence-electron chi connectivity index (χ2n) is 6.29. The van der Waals surface area contributed by atoms with Crippen molar-refractivity contribution in [3.05, 3.63) is 23.8 Å². The minimum absolute atomic E-state index is 0.308. The predicted octanol–water partition coefficient (Wildman–Crippen LogP) is 2.39. The van der Waals surface area contributed by atoms with Gasteiger partial charge in [0.25, 0.3) is 0 Å². The van der Waals surface area contributed by atoms with Gasteiger partial charge in [0, 0.05) is 38.4 Å². The zero-order chi connectivity index (χ0) is 20.2. The van der Waals surface area contributed by atoms with Crippen molar-refractivity contribution < 1.29 is 32.3 Å². The molecule has 6 nitrogen and oxygen atoms in total. The van der Waals surface area contributed by atoms with E-state index in [2.05, 4.69) is 4.90 Å². The first kappa shape index (κ1) is 20.9. The SMILES string of the molecule is CN1CCN(c2ccc(C(=O)O)c(N(CCCF)C(=O)C(F)(F)F)c2)CC1. The molecule has 1 aromatic carbocycles. The fourth-order valence-electron chi connectivity index (χ4n) is 2.89. The number of nitrogens with zero attached hydrogens (tertiary/aromatic N) is 3. The summed E-state index contributed by atoms with van der Waals surface area (Å²) in [7, 11) is 1.94. The average molecular weight is 391 g/mol. The summed E-state index contributed by atoms with van der Waals surface area (Å²) < 4.78 is 51.5. The molecule has 1 aromatic rings. The fourth-order valence-corrected chi connectivity index (χ4v) is 2.89. The zero-order valence-corrected chi connectivity index (χ0v) is 14.8. The number of amides is 1. The Kier molecular flexibility index (Phi) is 6.63. The van der Waals surface area contributed by atoms with Gasteiger partial charge in [-0.15, -0.1) is 0 Å². The van der Waals surface area contributed by atoms with E-state index >= 15 is 0 Å². The third kappa shape index (κ3) is 5.09. The van der Waals surface area contributed by atoms with Crippen LogP contribution in [0.4, 0.5) is 28.9 Å². The van der Waals surface area contributed by atoms with E-state index < -0.39 is 36.8 Å². The fraction of sp³-hybridized carbons (Fsp3) is 0.529. The van der Waals surface area contributed by atoms with Crippen molar-refractivity contribution in [2.75, 3.05) is 56.2 Å². The van der Waals surface area contributed by atoms with Crippen LogP contribution in [-0.4, -0.2) is 74.5 Å². The standard InChI is InChI=1S/C17H21F4N3O3/c1-22-7-9-23(10-8-22)12-3-4-13(15(25)26)14(11-12)24(6-2-5-18)16(27)17(19,20)21/h3-4,11H,2,5-10H2,1H3,(H,25,26). The maximum atomic E-state index is 13.0. The van der Waals surface area contributed by atoms with Gasteiger partial charge in [-0.25, -0.2) is 4.79 Å². The molecular formula is C17H21F4N3O3. The van der Waals surface area contributed by atoms with Crippen molar-refractivity contribution in [3.8, 4) is 0 Å². The number of piperazine rings is 1. The summed E-state index contributed by atoms with van der Waals surface area (Å²) in [5.74, 6) is -3.68. The lowest BCUT2D eigenvalue weighted by atomic mass is 10.1. The number of carboxylic acid groups (broad SMARTS) is 1. The van der Waals surface area contributed by atoms with Gasteiger partial charge in [0.1, 0.15) is 0 Å². The Bertz CT molecular complexity index is 688. The number of carbonyl (C=O) groups is 2. The lowest BCUT2D eigenvalue weighted by Gasteiger charge is -2.35. The summed E-state index contributed by atoms with van der Waals surface area (Å²) in [5.41, 5.74) is -0.303. The van der Waals surface area contributed by atoms with Crippen LogP contribution in [0, 0.1) is 0 Å². The molecule has 0 aromatic heterocycles. The van der Waals surface area contributed by atoms with Crippen LogP contribution in [0.1, 0.15) is 16.8 Å². The van der Waals surface area contributed by atoms with Crippen molar-refractivity contribution in [1.29, 1.82) is 0 Å². The Hall–Kier alpha value is -2.36. The van der Waals surface area contributed by atoms with E-state index in [4.69, 9.17) is 0 Å². The molecule has 1 amide bonds. The van der Waals surface area contributed by atoms with E-state index in [1.165, 1.54) is 18.2 Å². The van der Waals surface area contributed by atoms with Crippen LogP contribution in [-0.2, 0) is 4.79 Å². The Morgan fingerprint density at radius 2 is 1.81 bits per heavy atom. The van der Waals surface area contributed by atoms with Gasteiger partial charge in [0.15, 0.2) is 0 Å². The largest absolute Gasteiger partial charge is 0.478 e. The molecule has 1 fully saturated rings. The normalized spacial score (nSPS) is 15.7. The van der Waals surface area contributed by atoms with Crippen molar-refractivity contribution in [2.24, 2.45) is 0 Å². The van der Waals surface area contributed by atoms with E-state index in [0.717, 1.165) is 13.1 Å². The van der Waals surface area contributed by atoms with E-state index in [-0.39, 0.29) is 12.1 Å². The number of rotatable bonds is 6. The van der Waals surface area contributed by atoms with Crippen LogP contribution in [0.5, 0.6) is 0 Å². The van der Waals surface area contributed by atoms with E-state index in [0.29, 0.717) is 23.7 Å². The highest BCUT2D eigenvalue weighted by atomic mass is 19.4. The van der Waals surface area contributed by atoms with Crippen molar-refractivity contribution in [1.82, 2.24) is 4.90 Å². The molecule has 0 bridgehead atoms. The van der Waals surface area contributed by atoms with Gasteiger partial charge >= 0.3 is 18.1 Å². The first-order valence-electron chi connectivity index (χ1n) is 8.40. The van der Waals surface area contributed by atoms with Crippen LogP contribution in [0.3, 0.4) is 0 Å². The zero-order valence-electron chi connectivity index (χ0n) is 14.8. The highest BCUT2D eigenvalue weighted by Gasteiger charge is 2.43. The predicted molar refractivity (Wildman–Crippen MR) is 92.1 cm³/mol. The molecule has 10 heteroatoms. The number of likely N-dealkylation sites (N-methyl/N-ethyl adjacent to an activating group) is 1. The van der Waals surface area contributed by atoms with Gasteiger partial charge in [-0.3, -0.25) is 9.18 Å². The average Bonchev–Trinajstić information content (AvgIpc) is 2.61. The molecule has 150 valence electrons. The van der Waals surface area contributed by atoms with Gasteiger partial charge < -0.3 is 19.8 Å². The lowest BCUT2D eigenvalue weighted by molar-refractivity contribution is -0.170. The lowest BCUT2D eigenvalue weighted by Crippen LogP contribution is -2.45. The maximum absolute atomic E-state index is 13.0. The Morgan fingerprint density at radius 1 is 1.19 bits per heavy atom. The molecule has 0 aliphatic carbocycles. The topological polar surface area (TPSA) is 64.1 Å². The summed E-state index contributed by atoms with van der Waals surface area (Å²) in [6, 6.07) is 3.94. The number of halogens is 4. The van der Waals surface area contributed by atoms with Gasteiger partial charge in [-0.05, 0) is 31.7 Å².